The Labute approximate surface area is 173 Å². The Kier molecular flexibility index (Phi) is 7.06. The van der Waals surface area contributed by atoms with E-state index in [1.165, 1.54) is 6.21 Å². The van der Waals surface area contributed by atoms with Crippen molar-refractivity contribution < 1.29 is 9.63 Å². The molecular formula is C22H18Cl2N2O2. The van der Waals surface area contributed by atoms with Gasteiger partial charge in [0.2, 0.25) is 0 Å². The predicted molar refractivity (Wildman–Crippen MR) is 113 cm³/mol. The molecule has 1 amide bonds. The number of nitrogens with one attached hydrogen (secondary N) is 1. The van der Waals surface area contributed by atoms with Gasteiger partial charge in [0.05, 0.1) is 22.3 Å². The number of halogens is 2. The third-order valence-corrected chi connectivity index (χ3v) is 4.73. The zero-order chi connectivity index (χ0) is 19.8. The van der Waals surface area contributed by atoms with Crippen molar-refractivity contribution in [3.05, 3.63) is 106 Å². The number of hydrogen-bond acceptors (Lipinski definition) is 3. The number of rotatable bonds is 7. The minimum absolute atomic E-state index is 0.200. The maximum atomic E-state index is 12.4. The lowest BCUT2D eigenvalue weighted by Crippen LogP contribution is -2.31. The molecular weight excluding hydrogens is 395 g/mol. The zero-order valence-electron chi connectivity index (χ0n) is 14.9. The average Bonchev–Trinajstić information content (AvgIpc) is 2.73. The van der Waals surface area contributed by atoms with E-state index in [0.29, 0.717) is 10.0 Å². The molecule has 28 heavy (non-hydrogen) atoms. The quantitative estimate of drug-likeness (QED) is 0.425. The van der Waals surface area contributed by atoms with Crippen LogP contribution in [-0.4, -0.2) is 18.7 Å². The number of oxime groups is 1. The lowest BCUT2D eigenvalue weighted by Gasteiger charge is -2.19. The number of benzene rings is 3. The van der Waals surface area contributed by atoms with Gasteiger partial charge >= 0.3 is 0 Å². The van der Waals surface area contributed by atoms with E-state index < -0.39 is 0 Å². The van der Waals surface area contributed by atoms with E-state index in [1.54, 1.807) is 18.2 Å². The van der Waals surface area contributed by atoms with Gasteiger partial charge in [0, 0.05) is 0 Å². The molecule has 3 aromatic rings. The Hall–Kier alpha value is -2.82. The van der Waals surface area contributed by atoms with E-state index in [2.05, 4.69) is 10.5 Å². The van der Waals surface area contributed by atoms with Crippen LogP contribution < -0.4 is 5.32 Å². The number of amides is 1. The highest BCUT2D eigenvalue weighted by molar-refractivity contribution is 6.42. The van der Waals surface area contributed by atoms with Gasteiger partial charge in [-0.05, 0) is 28.8 Å². The van der Waals surface area contributed by atoms with Crippen molar-refractivity contribution in [3.8, 4) is 0 Å². The van der Waals surface area contributed by atoms with Crippen molar-refractivity contribution in [2.24, 2.45) is 5.16 Å². The Balaban J connectivity index is 1.61. The van der Waals surface area contributed by atoms with Gasteiger partial charge in [0.15, 0.2) is 6.61 Å². The molecule has 0 bridgehead atoms. The summed E-state index contributed by atoms with van der Waals surface area (Å²) in [6, 6.07) is 24.4. The molecule has 0 aliphatic carbocycles. The Morgan fingerprint density at radius 2 is 1.54 bits per heavy atom. The summed E-state index contributed by atoms with van der Waals surface area (Å²) >= 11 is 11.8. The molecule has 4 nitrogen and oxygen atoms in total. The normalized spacial score (nSPS) is 11.0. The Morgan fingerprint density at radius 1 is 0.929 bits per heavy atom. The summed E-state index contributed by atoms with van der Waals surface area (Å²) in [5.41, 5.74) is 2.70. The van der Waals surface area contributed by atoms with E-state index in [9.17, 15) is 4.79 Å². The first-order valence-corrected chi connectivity index (χ1v) is 9.39. The molecule has 0 aliphatic heterocycles. The second-order valence-electron chi connectivity index (χ2n) is 6.00. The highest BCUT2D eigenvalue weighted by atomic mass is 35.5. The van der Waals surface area contributed by atoms with Crippen LogP contribution in [0.2, 0.25) is 10.0 Å². The van der Waals surface area contributed by atoms with Crippen LogP contribution >= 0.6 is 23.2 Å². The lowest BCUT2D eigenvalue weighted by atomic mass is 9.99. The van der Waals surface area contributed by atoms with Gasteiger partial charge in [0.25, 0.3) is 5.91 Å². The fourth-order valence-corrected chi connectivity index (χ4v) is 2.95. The average molecular weight is 413 g/mol. The van der Waals surface area contributed by atoms with Gasteiger partial charge in [0.1, 0.15) is 0 Å². The van der Waals surface area contributed by atoms with Crippen LogP contribution in [0.4, 0.5) is 0 Å². The van der Waals surface area contributed by atoms with Crippen LogP contribution in [-0.2, 0) is 9.63 Å². The smallest absolute Gasteiger partial charge is 0.261 e. The van der Waals surface area contributed by atoms with Gasteiger partial charge < -0.3 is 10.2 Å². The summed E-state index contributed by atoms with van der Waals surface area (Å²) in [5.74, 6) is -0.274. The first-order chi connectivity index (χ1) is 13.6. The molecule has 0 atom stereocenters. The lowest BCUT2D eigenvalue weighted by molar-refractivity contribution is -0.126. The van der Waals surface area contributed by atoms with E-state index >= 15 is 0 Å². The van der Waals surface area contributed by atoms with Crippen molar-refractivity contribution in [2.45, 2.75) is 6.04 Å². The highest BCUT2D eigenvalue weighted by Crippen LogP contribution is 2.22. The Bertz CT molecular complexity index is 908. The largest absolute Gasteiger partial charge is 0.386 e. The molecule has 3 rings (SSSR count). The fraction of sp³-hybridized carbons (Fsp3) is 0.0909. The van der Waals surface area contributed by atoms with Gasteiger partial charge in [-0.2, -0.15) is 0 Å². The van der Waals surface area contributed by atoms with E-state index in [1.807, 2.05) is 60.7 Å². The maximum absolute atomic E-state index is 12.4. The SMILES string of the molecule is O=C(CO/N=C/c1ccc(Cl)c(Cl)c1)NC(c1ccccc1)c1ccccc1. The van der Waals surface area contributed by atoms with Crippen LogP contribution in [0.5, 0.6) is 0 Å². The molecule has 0 saturated heterocycles. The molecule has 0 saturated carbocycles. The third-order valence-electron chi connectivity index (χ3n) is 3.99. The molecule has 0 radical (unpaired) electrons. The number of carbonyl (C=O) groups is 1. The minimum atomic E-state index is -0.274. The highest BCUT2D eigenvalue weighted by Gasteiger charge is 2.16. The van der Waals surface area contributed by atoms with Gasteiger partial charge in [-0.25, -0.2) is 0 Å². The predicted octanol–water partition coefficient (Wildman–Crippen LogP) is 5.25. The standard InChI is InChI=1S/C22H18Cl2N2O2/c23-19-12-11-16(13-20(19)24)14-25-28-15-21(27)26-22(17-7-3-1-4-8-17)18-9-5-2-6-10-18/h1-14,22H,15H2,(H,26,27)/b25-14+. The van der Waals surface area contributed by atoms with Gasteiger partial charge in [-0.15, -0.1) is 0 Å². The molecule has 3 aromatic carbocycles. The van der Waals surface area contributed by atoms with Crippen molar-refractivity contribution in [3.63, 3.8) is 0 Å². The summed E-state index contributed by atoms with van der Waals surface area (Å²) in [6.45, 7) is -0.200. The van der Waals surface area contributed by atoms with Crippen LogP contribution in [0.3, 0.4) is 0 Å². The topological polar surface area (TPSA) is 50.7 Å². The van der Waals surface area contributed by atoms with E-state index in [4.69, 9.17) is 28.0 Å². The summed E-state index contributed by atoms with van der Waals surface area (Å²) in [6.07, 6.45) is 1.47. The van der Waals surface area contributed by atoms with Gasteiger partial charge in [-0.1, -0.05) is 95.1 Å². The van der Waals surface area contributed by atoms with Crippen molar-refractivity contribution in [2.75, 3.05) is 6.61 Å². The summed E-state index contributed by atoms with van der Waals surface area (Å²) in [7, 11) is 0. The van der Waals surface area contributed by atoms with E-state index in [0.717, 1.165) is 16.7 Å². The number of hydrogen-bond donors (Lipinski definition) is 1. The summed E-state index contributed by atoms with van der Waals surface area (Å²) in [4.78, 5) is 17.5. The Morgan fingerprint density at radius 3 is 2.11 bits per heavy atom. The molecule has 6 heteroatoms. The maximum Gasteiger partial charge on any atom is 0.261 e. The van der Waals surface area contributed by atoms with Crippen LogP contribution in [0, 0.1) is 0 Å². The monoisotopic (exact) mass is 412 g/mol. The minimum Gasteiger partial charge on any atom is -0.386 e. The third kappa shape index (κ3) is 5.59. The fourth-order valence-electron chi connectivity index (χ4n) is 2.64. The molecule has 0 fully saturated rings. The molecule has 1 N–H and O–H groups in total. The van der Waals surface area contributed by atoms with Crippen molar-refractivity contribution >= 4 is 35.3 Å². The van der Waals surface area contributed by atoms with Crippen molar-refractivity contribution in [1.82, 2.24) is 5.32 Å². The molecule has 0 aromatic heterocycles. The second kappa shape index (κ2) is 9.93. The summed E-state index contributed by atoms with van der Waals surface area (Å²) in [5, 5.41) is 7.70. The molecule has 0 heterocycles. The molecule has 142 valence electrons. The van der Waals surface area contributed by atoms with Crippen molar-refractivity contribution in [1.29, 1.82) is 0 Å². The molecule has 0 aliphatic rings. The van der Waals surface area contributed by atoms with Crippen LogP contribution in [0.25, 0.3) is 0 Å². The van der Waals surface area contributed by atoms with E-state index in [-0.39, 0.29) is 18.6 Å². The summed E-state index contributed by atoms with van der Waals surface area (Å²) < 4.78 is 0. The zero-order valence-corrected chi connectivity index (χ0v) is 16.4. The van der Waals surface area contributed by atoms with Gasteiger partial charge in [-0.3, -0.25) is 4.79 Å². The van der Waals surface area contributed by atoms with Crippen LogP contribution in [0.1, 0.15) is 22.7 Å². The molecule has 0 spiro atoms. The number of carbonyl (C=O) groups excluding carboxylic acids is 1. The van der Waals surface area contributed by atoms with Crippen LogP contribution in [0.15, 0.2) is 84.0 Å². The second-order valence-corrected chi connectivity index (χ2v) is 6.82. The first kappa shape index (κ1) is 19.9. The number of nitrogens with zero attached hydrogens (tertiary/aromatic N) is 1. The first-order valence-electron chi connectivity index (χ1n) is 8.63. The molecule has 0 unspecified atom stereocenters.